The van der Waals surface area contributed by atoms with Crippen LogP contribution in [0.25, 0.3) is 0 Å². The topological polar surface area (TPSA) is 50.7 Å². The molecule has 0 amide bonds. The molecule has 0 aliphatic heterocycles. The van der Waals surface area contributed by atoms with Gasteiger partial charge in [0.25, 0.3) is 0 Å². The van der Waals surface area contributed by atoms with Crippen LogP contribution in [-0.2, 0) is 6.67 Å². The number of rotatable bonds is 2. The van der Waals surface area contributed by atoms with Gasteiger partial charge in [-0.1, -0.05) is 0 Å². The highest BCUT2D eigenvalue weighted by Crippen LogP contribution is 2.05. The summed E-state index contributed by atoms with van der Waals surface area (Å²) in [6, 6.07) is 0. The largest absolute Gasteiger partial charge is 0.357 e. The van der Waals surface area contributed by atoms with Crippen molar-refractivity contribution in [2.24, 2.45) is 0 Å². The van der Waals surface area contributed by atoms with E-state index in [1.807, 2.05) is 0 Å². The molecule has 0 unspecified atom stereocenters. The summed E-state index contributed by atoms with van der Waals surface area (Å²) in [7, 11) is 1.62. The Kier molecular flexibility index (Phi) is 2.53. The molecule has 1 heterocycles. The fraction of sp³-hybridized carbons (Fsp3) is 0.400. The molecular formula is C5H6ClFN4. The van der Waals surface area contributed by atoms with Gasteiger partial charge in [-0.3, -0.25) is 0 Å². The van der Waals surface area contributed by atoms with Crippen molar-refractivity contribution in [1.82, 2.24) is 15.0 Å². The van der Waals surface area contributed by atoms with Crippen LogP contribution in [0.5, 0.6) is 0 Å². The highest BCUT2D eigenvalue weighted by molar-refractivity contribution is 6.28. The molecule has 1 aromatic heterocycles. The van der Waals surface area contributed by atoms with E-state index in [1.165, 1.54) is 0 Å². The van der Waals surface area contributed by atoms with Crippen molar-refractivity contribution in [3.05, 3.63) is 11.1 Å². The van der Waals surface area contributed by atoms with Crippen LogP contribution >= 0.6 is 11.6 Å². The average molecular weight is 177 g/mol. The minimum absolute atomic E-state index is 0.00278. The van der Waals surface area contributed by atoms with Crippen molar-refractivity contribution in [2.75, 3.05) is 12.4 Å². The number of nitrogens with zero attached hydrogens (tertiary/aromatic N) is 3. The fourth-order valence-electron chi connectivity index (χ4n) is 0.563. The molecule has 4 nitrogen and oxygen atoms in total. The maximum absolute atomic E-state index is 12.0. The lowest BCUT2D eigenvalue weighted by molar-refractivity contribution is 0.464. The standard InChI is InChI=1S/C5H6ClFN4/c1-8-5-10-3(2-7)9-4(6)11-5/h2H2,1H3,(H,8,9,10,11). The van der Waals surface area contributed by atoms with Crippen molar-refractivity contribution in [3.63, 3.8) is 0 Å². The lowest BCUT2D eigenvalue weighted by Gasteiger charge is -1.98. The summed E-state index contributed by atoms with van der Waals surface area (Å²) in [5.41, 5.74) is 0. The molecule has 6 heteroatoms. The zero-order valence-corrected chi connectivity index (χ0v) is 6.56. The van der Waals surface area contributed by atoms with E-state index in [0.29, 0.717) is 0 Å². The van der Waals surface area contributed by atoms with E-state index < -0.39 is 6.67 Å². The Balaban J connectivity index is 3.02. The van der Waals surface area contributed by atoms with Gasteiger partial charge in [0.05, 0.1) is 0 Å². The van der Waals surface area contributed by atoms with Gasteiger partial charge in [-0.15, -0.1) is 0 Å². The molecule has 1 N–H and O–H groups in total. The second-order valence-corrected chi connectivity index (χ2v) is 2.07. The van der Waals surface area contributed by atoms with Crippen LogP contribution in [0.1, 0.15) is 5.82 Å². The molecule has 0 aromatic carbocycles. The monoisotopic (exact) mass is 176 g/mol. The quantitative estimate of drug-likeness (QED) is 0.732. The number of halogens is 2. The summed E-state index contributed by atoms with van der Waals surface area (Å²) in [5, 5.41) is 2.63. The van der Waals surface area contributed by atoms with E-state index in [1.54, 1.807) is 7.05 Å². The highest BCUT2D eigenvalue weighted by Gasteiger charge is 2.01. The number of alkyl halides is 1. The first-order chi connectivity index (χ1) is 5.26. The van der Waals surface area contributed by atoms with Gasteiger partial charge in [-0.05, 0) is 11.6 Å². The van der Waals surface area contributed by atoms with E-state index in [2.05, 4.69) is 20.3 Å². The average Bonchev–Trinajstić information content (AvgIpc) is 2.03. The molecule has 0 spiro atoms. The molecule has 0 saturated carbocycles. The molecular weight excluding hydrogens is 171 g/mol. The molecule has 1 aromatic rings. The summed E-state index contributed by atoms with van der Waals surface area (Å²) < 4.78 is 12.0. The van der Waals surface area contributed by atoms with Gasteiger partial charge in [-0.25, -0.2) is 4.39 Å². The predicted molar refractivity (Wildman–Crippen MR) is 39.2 cm³/mol. The fourth-order valence-corrected chi connectivity index (χ4v) is 0.740. The van der Waals surface area contributed by atoms with Crippen LogP contribution in [0.3, 0.4) is 0 Å². The highest BCUT2D eigenvalue weighted by atomic mass is 35.5. The Hall–Kier alpha value is -0.970. The minimum Gasteiger partial charge on any atom is -0.357 e. The molecule has 0 fully saturated rings. The first-order valence-electron chi connectivity index (χ1n) is 2.90. The third-order valence-electron chi connectivity index (χ3n) is 0.998. The lowest BCUT2D eigenvalue weighted by Crippen LogP contribution is -2.01. The van der Waals surface area contributed by atoms with E-state index in [-0.39, 0.29) is 17.1 Å². The van der Waals surface area contributed by atoms with Crippen LogP contribution in [-0.4, -0.2) is 22.0 Å². The first-order valence-corrected chi connectivity index (χ1v) is 3.28. The van der Waals surface area contributed by atoms with Crippen molar-refractivity contribution in [1.29, 1.82) is 0 Å². The molecule has 0 aliphatic carbocycles. The SMILES string of the molecule is CNc1nc(Cl)nc(CF)n1. The first kappa shape index (κ1) is 8.13. The van der Waals surface area contributed by atoms with Gasteiger partial charge in [0.15, 0.2) is 5.82 Å². The number of aromatic nitrogens is 3. The molecule has 0 atom stereocenters. The van der Waals surface area contributed by atoms with Crippen molar-refractivity contribution in [3.8, 4) is 0 Å². The Labute approximate surface area is 67.8 Å². The molecule has 0 aliphatic rings. The van der Waals surface area contributed by atoms with Crippen molar-refractivity contribution < 1.29 is 4.39 Å². The molecule has 0 radical (unpaired) electrons. The van der Waals surface area contributed by atoms with Crippen LogP contribution in [0.4, 0.5) is 10.3 Å². The van der Waals surface area contributed by atoms with Crippen LogP contribution in [0.15, 0.2) is 0 Å². The smallest absolute Gasteiger partial charge is 0.227 e. The number of anilines is 1. The second kappa shape index (κ2) is 3.43. The van der Waals surface area contributed by atoms with Crippen LogP contribution < -0.4 is 5.32 Å². The molecule has 0 saturated heterocycles. The number of hydrogen-bond donors (Lipinski definition) is 1. The molecule has 0 bridgehead atoms. The zero-order chi connectivity index (χ0) is 8.27. The maximum Gasteiger partial charge on any atom is 0.227 e. The number of hydrogen-bond acceptors (Lipinski definition) is 4. The van der Waals surface area contributed by atoms with Gasteiger partial charge >= 0.3 is 0 Å². The third-order valence-corrected chi connectivity index (χ3v) is 1.17. The third kappa shape index (κ3) is 1.98. The Morgan fingerprint density at radius 3 is 2.73 bits per heavy atom. The van der Waals surface area contributed by atoms with Crippen LogP contribution in [0.2, 0.25) is 5.28 Å². The molecule has 60 valence electrons. The molecule has 1 rings (SSSR count). The Morgan fingerprint density at radius 1 is 1.45 bits per heavy atom. The summed E-state index contributed by atoms with van der Waals surface area (Å²) in [4.78, 5) is 10.9. The van der Waals surface area contributed by atoms with Gasteiger partial charge in [0.1, 0.15) is 6.67 Å². The van der Waals surface area contributed by atoms with E-state index >= 15 is 0 Å². The van der Waals surface area contributed by atoms with Gasteiger partial charge in [0.2, 0.25) is 11.2 Å². The number of nitrogens with one attached hydrogen (secondary N) is 1. The molecule has 11 heavy (non-hydrogen) atoms. The minimum atomic E-state index is -0.739. The lowest BCUT2D eigenvalue weighted by atomic mass is 10.7. The van der Waals surface area contributed by atoms with Crippen LogP contribution in [0, 0.1) is 0 Å². The maximum atomic E-state index is 12.0. The summed E-state index contributed by atoms with van der Waals surface area (Å²) in [5.74, 6) is 0.312. The summed E-state index contributed by atoms with van der Waals surface area (Å²) in [6.07, 6.45) is 0. The zero-order valence-electron chi connectivity index (χ0n) is 5.80. The van der Waals surface area contributed by atoms with Gasteiger partial charge in [-0.2, -0.15) is 15.0 Å². The van der Waals surface area contributed by atoms with E-state index in [9.17, 15) is 4.39 Å². The van der Waals surface area contributed by atoms with E-state index in [4.69, 9.17) is 11.6 Å². The second-order valence-electron chi connectivity index (χ2n) is 1.73. The summed E-state index contributed by atoms with van der Waals surface area (Å²) in [6.45, 7) is -0.739. The predicted octanol–water partition coefficient (Wildman–Crippen LogP) is 1.04. The Bertz CT molecular complexity index is 232. The summed E-state index contributed by atoms with van der Waals surface area (Å²) >= 11 is 5.44. The van der Waals surface area contributed by atoms with Gasteiger partial charge in [0, 0.05) is 7.05 Å². The van der Waals surface area contributed by atoms with Gasteiger partial charge < -0.3 is 5.32 Å². The van der Waals surface area contributed by atoms with E-state index in [0.717, 1.165) is 0 Å². The normalized spacial score (nSPS) is 9.73. The van der Waals surface area contributed by atoms with Crippen molar-refractivity contribution >= 4 is 17.5 Å². The van der Waals surface area contributed by atoms with Crippen molar-refractivity contribution in [2.45, 2.75) is 6.67 Å². The Morgan fingerprint density at radius 2 is 2.18 bits per heavy atom.